The Kier molecular flexibility index (Phi) is 5.99. The lowest BCUT2D eigenvalue weighted by atomic mass is 9.93. The number of primary amides is 1. The molecule has 1 aliphatic rings. The van der Waals surface area contributed by atoms with Crippen LogP contribution < -0.4 is 5.73 Å². The Morgan fingerprint density at radius 3 is 2.48 bits per heavy atom. The number of hydrogen-bond acceptors (Lipinski definition) is 3. The maximum absolute atomic E-state index is 12.6. The Balaban J connectivity index is 2.81. The van der Waals surface area contributed by atoms with E-state index in [0.717, 1.165) is 6.42 Å². The van der Waals surface area contributed by atoms with Crippen molar-refractivity contribution < 1.29 is 19.5 Å². The topological polar surface area (TPSA) is 104 Å². The van der Waals surface area contributed by atoms with Crippen LogP contribution in [0, 0.1) is 5.92 Å². The van der Waals surface area contributed by atoms with Crippen molar-refractivity contribution in [2.75, 3.05) is 13.1 Å². The average molecular weight is 299 g/mol. The maximum Gasteiger partial charge on any atom is 0.320 e. The summed E-state index contributed by atoms with van der Waals surface area (Å²) in [4.78, 5) is 38.0. The number of likely N-dealkylation sites (tertiary alicyclic amines) is 1. The second-order valence-electron chi connectivity index (χ2n) is 5.69. The quantitative estimate of drug-likeness (QED) is 0.786. The molecule has 7 nitrogen and oxygen atoms in total. The highest BCUT2D eigenvalue weighted by atomic mass is 16.4. The summed E-state index contributed by atoms with van der Waals surface area (Å²) in [6, 6.07) is -0.579. The number of urea groups is 1. The summed E-state index contributed by atoms with van der Waals surface area (Å²) in [6.45, 7) is 6.21. The van der Waals surface area contributed by atoms with Gasteiger partial charge in [-0.25, -0.2) is 4.79 Å². The number of carbonyl (C=O) groups is 3. The second-order valence-corrected chi connectivity index (χ2v) is 5.69. The molecule has 3 N–H and O–H groups in total. The first-order valence-electron chi connectivity index (χ1n) is 7.36. The molecule has 0 spiro atoms. The van der Waals surface area contributed by atoms with Gasteiger partial charge in [-0.3, -0.25) is 9.59 Å². The van der Waals surface area contributed by atoms with Gasteiger partial charge in [0.25, 0.3) is 0 Å². The van der Waals surface area contributed by atoms with Crippen molar-refractivity contribution in [2.45, 2.75) is 52.1 Å². The molecule has 21 heavy (non-hydrogen) atoms. The van der Waals surface area contributed by atoms with Gasteiger partial charge in [-0.2, -0.15) is 0 Å². The summed E-state index contributed by atoms with van der Waals surface area (Å²) in [6.07, 6.45) is 1.32. The highest BCUT2D eigenvalue weighted by Crippen LogP contribution is 2.23. The average Bonchev–Trinajstić information content (AvgIpc) is 2.38. The molecule has 120 valence electrons. The number of hydrogen-bond donors (Lipinski definition) is 2. The Morgan fingerprint density at radius 2 is 2.00 bits per heavy atom. The highest BCUT2D eigenvalue weighted by Gasteiger charge is 2.34. The summed E-state index contributed by atoms with van der Waals surface area (Å²) in [5.41, 5.74) is 5.34. The van der Waals surface area contributed by atoms with Gasteiger partial charge >= 0.3 is 12.0 Å². The zero-order chi connectivity index (χ0) is 16.2. The van der Waals surface area contributed by atoms with Gasteiger partial charge in [0, 0.05) is 25.2 Å². The van der Waals surface area contributed by atoms with Gasteiger partial charge in [0.15, 0.2) is 0 Å². The molecule has 7 heteroatoms. The van der Waals surface area contributed by atoms with E-state index in [1.54, 1.807) is 11.8 Å². The van der Waals surface area contributed by atoms with Gasteiger partial charge in [0.2, 0.25) is 5.91 Å². The van der Waals surface area contributed by atoms with Crippen LogP contribution in [0.2, 0.25) is 0 Å². The molecule has 0 aliphatic carbocycles. The molecule has 0 radical (unpaired) electrons. The van der Waals surface area contributed by atoms with E-state index in [1.807, 2.05) is 13.8 Å². The van der Waals surface area contributed by atoms with E-state index >= 15 is 0 Å². The van der Waals surface area contributed by atoms with Crippen LogP contribution in [0.1, 0.15) is 40.0 Å². The van der Waals surface area contributed by atoms with Crippen molar-refractivity contribution in [3.05, 3.63) is 0 Å². The second kappa shape index (κ2) is 7.28. The first kappa shape index (κ1) is 17.3. The van der Waals surface area contributed by atoms with Gasteiger partial charge in [0.1, 0.15) is 0 Å². The monoisotopic (exact) mass is 299 g/mol. The lowest BCUT2D eigenvalue weighted by Crippen LogP contribution is -2.55. The molecule has 0 aromatic heterocycles. The fourth-order valence-electron chi connectivity index (χ4n) is 2.77. The SMILES string of the molecule is CCN(C(=O)N1CC(C(N)=O)CCC1C)C(C)CC(=O)O. The molecule has 0 saturated carbocycles. The number of piperidine rings is 1. The van der Waals surface area contributed by atoms with Crippen LogP contribution in [0.25, 0.3) is 0 Å². The summed E-state index contributed by atoms with van der Waals surface area (Å²) in [5, 5.41) is 8.87. The molecule has 1 saturated heterocycles. The van der Waals surface area contributed by atoms with E-state index in [-0.39, 0.29) is 36.4 Å². The summed E-state index contributed by atoms with van der Waals surface area (Å²) in [5.74, 6) is -1.64. The molecule has 0 aromatic rings. The molecule has 3 atom stereocenters. The normalized spacial score (nSPS) is 23.5. The fourth-order valence-corrected chi connectivity index (χ4v) is 2.77. The third-order valence-electron chi connectivity index (χ3n) is 4.12. The van der Waals surface area contributed by atoms with Crippen LogP contribution >= 0.6 is 0 Å². The van der Waals surface area contributed by atoms with Gasteiger partial charge < -0.3 is 20.6 Å². The maximum atomic E-state index is 12.6. The van der Waals surface area contributed by atoms with Crippen molar-refractivity contribution in [2.24, 2.45) is 11.7 Å². The molecule has 3 unspecified atom stereocenters. The number of nitrogens with two attached hydrogens (primary N) is 1. The predicted octanol–water partition coefficient (Wildman–Crippen LogP) is 0.877. The van der Waals surface area contributed by atoms with Crippen molar-refractivity contribution >= 4 is 17.9 Å². The van der Waals surface area contributed by atoms with Crippen molar-refractivity contribution in [1.82, 2.24) is 9.80 Å². The minimum absolute atomic E-state index is 0.0270. The zero-order valence-corrected chi connectivity index (χ0v) is 12.9. The van der Waals surface area contributed by atoms with Crippen LogP contribution in [0.3, 0.4) is 0 Å². The Labute approximate surface area is 125 Å². The first-order valence-corrected chi connectivity index (χ1v) is 7.36. The predicted molar refractivity (Wildman–Crippen MR) is 77.6 cm³/mol. The number of nitrogens with zero attached hydrogens (tertiary/aromatic N) is 2. The smallest absolute Gasteiger partial charge is 0.320 e. The Morgan fingerprint density at radius 1 is 1.38 bits per heavy atom. The molecule has 0 aromatic carbocycles. The molecular weight excluding hydrogens is 274 g/mol. The summed E-state index contributed by atoms with van der Waals surface area (Å²) in [7, 11) is 0. The van der Waals surface area contributed by atoms with E-state index in [1.165, 1.54) is 4.90 Å². The van der Waals surface area contributed by atoms with Crippen LogP contribution in [-0.4, -0.2) is 58.0 Å². The summed E-state index contributed by atoms with van der Waals surface area (Å²) >= 11 is 0. The van der Waals surface area contributed by atoms with Crippen molar-refractivity contribution in [3.63, 3.8) is 0 Å². The summed E-state index contributed by atoms with van der Waals surface area (Å²) < 4.78 is 0. The standard InChI is InChI=1S/C14H25N3O4/c1-4-16(10(3)7-12(18)19)14(21)17-8-11(13(15)20)6-5-9(17)2/h9-11H,4-8H2,1-3H3,(H2,15,20)(H,18,19). The Hall–Kier alpha value is -1.79. The third-order valence-corrected chi connectivity index (χ3v) is 4.12. The minimum Gasteiger partial charge on any atom is -0.481 e. The number of aliphatic carboxylic acids is 1. The van der Waals surface area contributed by atoms with Crippen LogP contribution in [-0.2, 0) is 9.59 Å². The third kappa shape index (κ3) is 4.34. The fraction of sp³-hybridized carbons (Fsp3) is 0.786. The Bertz CT molecular complexity index is 413. The molecular formula is C14H25N3O4. The number of carbonyl (C=O) groups excluding carboxylic acids is 2. The van der Waals surface area contributed by atoms with Gasteiger partial charge in [-0.05, 0) is 33.6 Å². The molecule has 3 amide bonds. The van der Waals surface area contributed by atoms with E-state index in [4.69, 9.17) is 10.8 Å². The van der Waals surface area contributed by atoms with E-state index in [9.17, 15) is 14.4 Å². The number of carboxylic acids is 1. The zero-order valence-electron chi connectivity index (χ0n) is 12.9. The lowest BCUT2D eigenvalue weighted by Gasteiger charge is -2.41. The molecule has 1 aliphatic heterocycles. The first-order chi connectivity index (χ1) is 9.77. The lowest BCUT2D eigenvalue weighted by molar-refractivity contribution is -0.138. The number of carboxylic acid groups (broad SMARTS) is 1. The van der Waals surface area contributed by atoms with Crippen LogP contribution in [0.4, 0.5) is 4.79 Å². The molecule has 1 heterocycles. The van der Waals surface area contributed by atoms with Crippen LogP contribution in [0.15, 0.2) is 0 Å². The molecule has 0 bridgehead atoms. The van der Waals surface area contributed by atoms with Crippen molar-refractivity contribution in [3.8, 4) is 0 Å². The van der Waals surface area contributed by atoms with E-state index in [2.05, 4.69) is 0 Å². The number of rotatable bonds is 5. The van der Waals surface area contributed by atoms with Gasteiger partial charge in [0.05, 0.1) is 12.3 Å². The largest absolute Gasteiger partial charge is 0.481 e. The highest BCUT2D eigenvalue weighted by molar-refractivity contribution is 5.80. The van der Waals surface area contributed by atoms with E-state index < -0.39 is 5.97 Å². The van der Waals surface area contributed by atoms with Crippen LogP contribution in [0.5, 0.6) is 0 Å². The number of amides is 3. The van der Waals surface area contributed by atoms with E-state index in [0.29, 0.717) is 19.5 Å². The minimum atomic E-state index is -0.935. The molecule has 1 rings (SSSR count). The van der Waals surface area contributed by atoms with Gasteiger partial charge in [-0.1, -0.05) is 0 Å². The van der Waals surface area contributed by atoms with Gasteiger partial charge in [-0.15, -0.1) is 0 Å². The van der Waals surface area contributed by atoms with Crippen molar-refractivity contribution in [1.29, 1.82) is 0 Å². The molecule has 1 fully saturated rings.